The molecule has 0 unspecified atom stereocenters. The van der Waals surface area contributed by atoms with Gasteiger partial charge in [0, 0.05) is 5.56 Å². The highest BCUT2D eigenvalue weighted by Gasteiger charge is 2.32. The number of benzene rings is 3. The Balaban J connectivity index is 1.59. The molecule has 6 rings (SSSR count). The number of hydrogen-bond donors (Lipinski definition) is 0. The maximum absolute atomic E-state index is 13.8. The number of nitrogens with zero attached hydrogens (tertiary/aromatic N) is 2. The first kappa shape index (κ1) is 21.3. The van der Waals surface area contributed by atoms with Gasteiger partial charge in [0.25, 0.3) is 5.56 Å². The van der Waals surface area contributed by atoms with Gasteiger partial charge in [0.15, 0.2) is 4.80 Å². The molecule has 34 heavy (non-hydrogen) atoms. The number of hydrogen-bond acceptors (Lipinski definition) is 4. The van der Waals surface area contributed by atoms with Crippen LogP contribution >= 0.6 is 27.3 Å². The van der Waals surface area contributed by atoms with Crippen LogP contribution in [0.4, 0.5) is 0 Å². The lowest BCUT2D eigenvalue weighted by Crippen LogP contribution is -2.38. The first-order valence-electron chi connectivity index (χ1n) is 11.2. The number of thiazole rings is 1. The van der Waals surface area contributed by atoms with Crippen LogP contribution in [-0.4, -0.2) is 11.7 Å². The van der Waals surface area contributed by atoms with Crippen LogP contribution in [-0.2, 0) is 6.42 Å². The highest BCUT2D eigenvalue weighted by Crippen LogP contribution is 2.41. The Labute approximate surface area is 209 Å². The van der Waals surface area contributed by atoms with E-state index in [0.717, 1.165) is 44.7 Å². The molecule has 0 bridgehead atoms. The van der Waals surface area contributed by atoms with Gasteiger partial charge < -0.3 is 4.74 Å². The Bertz CT molecular complexity index is 1630. The fourth-order valence-corrected chi connectivity index (χ4v) is 6.44. The van der Waals surface area contributed by atoms with Gasteiger partial charge in [-0.25, -0.2) is 4.99 Å². The van der Waals surface area contributed by atoms with Gasteiger partial charge in [-0.15, -0.1) is 0 Å². The van der Waals surface area contributed by atoms with Crippen molar-refractivity contribution in [2.75, 3.05) is 7.11 Å². The van der Waals surface area contributed by atoms with E-state index in [1.54, 1.807) is 7.11 Å². The Morgan fingerprint density at radius 2 is 1.85 bits per heavy atom. The summed E-state index contributed by atoms with van der Waals surface area (Å²) in [7, 11) is 1.64. The standard InChI is InChI=1S/C28H21BrN2O2S/c1-33-23-14-11-17(15-22(23)29)16-24-27(32)31-26(19-8-3-2-4-9-19)21-13-12-18-7-5-6-10-20(18)25(21)30-28(31)34-24/h2-11,14-16,26H,12-13H2,1H3/b24-16-/t26-/m1/s1. The van der Waals surface area contributed by atoms with Crippen molar-refractivity contribution in [2.45, 2.75) is 18.9 Å². The first-order valence-corrected chi connectivity index (χ1v) is 12.8. The highest BCUT2D eigenvalue weighted by atomic mass is 79.9. The summed E-state index contributed by atoms with van der Waals surface area (Å²) in [6, 6.07) is 24.5. The Morgan fingerprint density at radius 1 is 1.06 bits per heavy atom. The zero-order chi connectivity index (χ0) is 23.2. The van der Waals surface area contributed by atoms with Gasteiger partial charge in [0.1, 0.15) is 5.75 Å². The lowest BCUT2D eigenvalue weighted by Gasteiger charge is -2.30. The van der Waals surface area contributed by atoms with E-state index in [1.165, 1.54) is 28.0 Å². The first-order chi connectivity index (χ1) is 16.6. The van der Waals surface area contributed by atoms with E-state index in [1.807, 2.05) is 47.0 Å². The number of aryl methyl sites for hydroxylation is 1. The maximum Gasteiger partial charge on any atom is 0.271 e. The molecule has 0 amide bonds. The van der Waals surface area contributed by atoms with E-state index in [2.05, 4.69) is 52.3 Å². The molecule has 6 heteroatoms. The maximum atomic E-state index is 13.8. The molecule has 0 spiro atoms. The zero-order valence-electron chi connectivity index (χ0n) is 18.5. The highest BCUT2D eigenvalue weighted by molar-refractivity contribution is 9.10. The van der Waals surface area contributed by atoms with Crippen LogP contribution in [0, 0.1) is 0 Å². The normalized spacial score (nSPS) is 17.0. The second kappa shape index (κ2) is 8.53. The Hall–Kier alpha value is -3.22. The van der Waals surface area contributed by atoms with Crippen LogP contribution < -0.4 is 19.6 Å². The van der Waals surface area contributed by atoms with Crippen molar-refractivity contribution in [2.24, 2.45) is 4.99 Å². The SMILES string of the molecule is COc1ccc(/C=c2\sc3n(c2=O)[C@H](c2ccccc2)C2=C(N=3)c3ccccc3CC2)cc1Br. The van der Waals surface area contributed by atoms with Crippen molar-refractivity contribution in [3.63, 3.8) is 0 Å². The van der Waals surface area contributed by atoms with Gasteiger partial charge in [-0.2, -0.15) is 0 Å². The lowest BCUT2D eigenvalue weighted by atomic mass is 9.83. The van der Waals surface area contributed by atoms with Crippen molar-refractivity contribution >= 4 is 39.0 Å². The molecule has 4 aromatic rings. The van der Waals surface area contributed by atoms with Crippen molar-refractivity contribution < 1.29 is 4.74 Å². The molecule has 2 aliphatic rings. The van der Waals surface area contributed by atoms with Gasteiger partial charge in [0.2, 0.25) is 0 Å². The topological polar surface area (TPSA) is 43.6 Å². The Kier molecular flexibility index (Phi) is 5.35. The fourth-order valence-electron chi connectivity index (χ4n) is 4.88. The summed E-state index contributed by atoms with van der Waals surface area (Å²) in [5.74, 6) is 0.758. The van der Waals surface area contributed by atoms with Gasteiger partial charge in [0.05, 0.1) is 27.9 Å². The summed E-state index contributed by atoms with van der Waals surface area (Å²) in [5, 5.41) is 0. The van der Waals surface area contributed by atoms with E-state index >= 15 is 0 Å². The number of aromatic nitrogens is 1. The second-order valence-corrected chi connectivity index (χ2v) is 10.3. The molecule has 1 aromatic heterocycles. The smallest absolute Gasteiger partial charge is 0.271 e. The molecule has 168 valence electrons. The number of allylic oxidation sites excluding steroid dienone is 1. The molecule has 1 aliphatic heterocycles. The molecule has 1 atom stereocenters. The lowest BCUT2D eigenvalue weighted by molar-refractivity contribution is 0.412. The summed E-state index contributed by atoms with van der Waals surface area (Å²) in [4.78, 5) is 19.6. The molecule has 2 heterocycles. The van der Waals surface area contributed by atoms with E-state index in [9.17, 15) is 4.79 Å². The molecular formula is C28H21BrN2O2S. The number of halogens is 1. The Morgan fingerprint density at radius 3 is 2.65 bits per heavy atom. The van der Waals surface area contributed by atoms with Crippen molar-refractivity contribution in [3.8, 4) is 5.75 Å². The van der Waals surface area contributed by atoms with Crippen LogP contribution in [0.25, 0.3) is 11.8 Å². The molecule has 0 saturated heterocycles. The van der Waals surface area contributed by atoms with Gasteiger partial charge in [-0.1, -0.05) is 72.0 Å². The molecule has 0 fully saturated rings. The molecule has 4 nitrogen and oxygen atoms in total. The monoisotopic (exact) mass is 528 g/mol. The van der Waals surface area contributed by atoms with Crippen LogP contribution in [0.3, 0.4) is 0 Å². The number of methoxy groups -OCH3 is 1. The summed E-state index contributed by atoms with van der Waals surface area (Å²) in [6.07, 6.45) is 3.79. The quantitative estimate of drug-likeness (QED) is 0.371. The van der Waals surface area contributed by atoms with Gasteiger partial charge in [-0.3, -0.25) is 9.36 Å². The average molecular weight is 529 g/mol. The zero-order valence-corrected chi connectivity index (χ0v) is 20.9. The van der Waals surface area contributed by atoms with Gasteiger partial charge in [-0.05, 0) is 69.2 Å². The average Bonchev–Trinajstić information content (AvgIpc) is 3.17. The fraction of sp³-hybridized carbons (Fsp3) is 0.143. The number of rotatable bonds is 3. The van der Waals surface area contributed by atoms with Crippen molar-refractivity contribution in [1.29, 1.82) is 0 Å². The van der Waals surface area contributed by atoms with Crippen molar-refractivity contribution in [3.05, 3.63) is 125 Å². The van der Waals surface area contributed by atoms with E-state index in [0.29, 0.717) is 4.53 Å². The van der Waals surface area contributed by atoms with Gasteiger partial charge >= 0.3 is 0 Å². The van der Waals surface area contributed by atoms with Crippen molar-refractivity contribution in [1.82, 2.24) is 4.57 Å². The van der Waals surface area contributed by atoms with Crippen LogP contribution in [0.5, 0.6) is 5.75 Å². The van der Waals surface area contributed by atoms with Crippen LogP contribution in [0.2, 0.25) is 0 Å². The third-order valence-corrected chi connectivity index (χ3v) is 8.06. The minimum Gasteiger partial charge on any atom is -0.496 e. The summed E-state index contributed by atoms with van der Waals surface area (Å²) in [6.45, 7) is 0. The predicted octanol–water partition coefficient (Wildman–Crippen LogP) is 5.09. The van der Waals surface area contributed by atoms with Crippen LogP contribution in [0.15, 0.2) is 92.6 Å². The molecular weight excluding hydrogens is 508 g/mol. The summed E-state index contributed by atoms with van der Waals surface area (Å²) < 4.78 is 8.75. The third kappa shape index (κ3) is 3.49. The molecule has 0 saturated carbocycles. The largest absolute Gasteiger partial charge is 0.496 e. The third-order valence-electron chi connectivity index (χ3n) is 6.46. The minimum absolute atomic E-state index is 0.00467. The second-order valence-electron chi connectivity index (χ2n) is 8.42. The summed E-state index contributed by atoms with van der Waals surface area (Å²) >= 11 is 4.99. The number of ether oxygens (including phenoxy) is 1. The summed E-state index contributed by atoms with van der Waals surface area (Å²) in [5.41, 5.74) is 6.79. The van der Waals surface area contributed by atoms with E-state index < -0.39 is 0 Å². The number of fused-ring (bicyclic) bond motifs is 3. The van der Waals surface area contributed by atoms with Crippen LogP contribution in [0.1, 0.15) is 34.7 Å². The van der Waals surface area contributed by atoms with E-state index in [4.69, 9.17) is 9.73 Å². The predicted molar refractivity (Wildman–Crippen MR) is 140 cm³/mol. The molecule has 0 N–H and O–H groups in total. The molecule has 1 aliphatic carbocycles. The molecule has 0 radical (unpaired) electrons. The molecule has 3 aromatic carbocycles. The minimum atomic E-state index is -0.148. The van der Waals surface area contributed by atoms with E-state index in [-0.39, 0.29) is 11.6 Å².